The van der Waals surface area contributed by atoms with Crippen molar-refractivity contribution in [3.05, 3.63) is 60.0 Å². The Morgan fingerprint density at radius 1 is 1.10 bits per heavy atom. The molecule has 1 unspecified atom stereocenters. The number of rotatable bonds is 5. The highest BCUT2D eigenvalue weighted by Gasteiger charge is 2.28. The van der Waals surface area contributed by atoms with Gasteiger partial charge in [0, 0.05) is 61.8 Å². The van der Waals surface area contributed by atoms with Gasteiger partial charge in [-0.05, 0) is 25.3 Å². The van der Waals surface area contributed by atoms with Crippen molar-refractivity contribution in [3.8, 4) is 11.3 Å². The smallest absolute Gasteiger partial charge is 0.273 e. The first kappa shape index (κ1) is 19.7. The molecule has 1 atom stereocenters. The average Bonchev–Trinajstić information content (AvgIpc) is 3.51. The zero-order valence-corrected chi connectivity index (χ0v) is 17.2. The molecule has 0 saturated carbocycles. The molecule has 2 fully saturated rings. The molecule has 0 radical (unpaired) electrons. The Labute approximate surface area is 180 Å². The van der Waals surface area contributed by atoms with Crippen molar-refractivity contribution in [2.75, 3.05) is 31.2 Å². The maximum Gasteiger partial charge on any atom is 0.273 e. The second kappa shape index (κ2) is 8.85. The van der Waals surface area contributed by atoms with Crippen molar-refractivity contribution in [2.45, 2.75) is 31.2 Å². The van der Waals surface area contributed by atoms with Crippen molar-refractivity contribution >= 4 is 11.9 Å². The second-order valence-corrected chi connectivity index (χ2v) is 8.02. The van der Waals surface area contributed by atoms with E-state index in [9.17, 15) is 4.79 Å². The summed E-state index contributed by atoms with van der Waals surface area (Å²) in [4.78, 5) is 24.1. The third-order valence-corrected chi connectivity index (χ3v) is 5.91. The van der Waals surface area contributed by atoms with E-state index in [0.717, 1.165) is 56.2 Å². The minimum atomic E-state index is -0.227. The molecule has 0 spiro atoms. The van der Waals surface area contributed by atoms with E-state index in [-0.39, 0.29) is 17.6 Å². The summed E-state index contributed by atoms with van der Waals surface area (Å²) >= 11 is 0. The van der Waals surface area contributed by atoms with E-state index in [4.69, 9.17) is 14.2 Å². The molecular weight excluding hydrogens is 394 g/mol. The topological polar surface area (TPSA) is 93.4 Å². The second-order valence-electron chi connectivity index (χ2n) is 8.02. The van der Waals surface area contributed by atoms with Gasteiger partial charge in [-0.2, -0.15) is 0 Å². The Bertz CT molecular complexity index is 1030. The van der Waals surface area contributed by atoms with Gasteiger partial charge in [0.1, 0.15) is 0 Å². The fraction of sp³-hybridized carbons (Fsp3) is 0.391. The third kappa shape index (κ3) is 4.44. The van der Waals surface area contributed by atoms with E-state index in [1.807, 2.05) is 42.6 Å². The maximum atomic E-state index is 12.7. The molecule has 8 nitrogen and oxygen atoms in total. The summed E-state index contributed by atoms with van der Waals surface area (Å²) in [7, 11) is 0. The summed E-state index contributed by atoms with van der Waals surface area (Å²) in [6.07, 6.45) is 4.66. The molecule has 2 saturated heterocycles. The SMILES string of the molecule is O=C(NC1CCN(c2nccc(C3CCOCC3)n2)C1)c1cc(-c2ccccc2)on1. The van der Waals surface area contributed by atoms with Gasteiger partial charge < -0.3 is 19.5 Å². The van der Waals surface area contributed by atoms with Gasteiger partial charge >= 0.3 is 0 Å². The lowest BCUT2D eigenvalue weighted by atomic mass is 9.96. The van der Waals surface area contributed by atoms with Gasteiger partial charge in [0.15, 0.2) is 11.5 Å². The zero-order valence-electron chi connectivity index (χ0n) is 17.2. The fourth-order valence-electron chi connectivity index (χ4n) is 4.17. The number of nitrogens with one attached hydrogen (secondary N) is 1. The molecule has 160 valence electrons. The molecule has 1 N–H and O–H groups in total. The van der Waals surface area contributed by atoms with Crippen LogP contribution in [0.15, 0.2) is 53.2 Å². The van der Waals surface area contributed by atoms with E-state index in [0.29, 0.717) is 18.2 Å². The lowest BCUT2D eigenvalue weighted by molar-refractivity contribution is 0.0845. The van der Waals surface area contributed by atoms with Gasteiger partial charge in [-0.1, -0.05) is 35.5 Å². The highest BCUT2D eigenvalue weighted by atomic mass is 16.5. The third-order valence-electron chi connectivity index (χ3n) is 5.91. The Balaban J connectivity index is 1.20. The number of carbonyl (C=O) groups excluding carboxylic acids is 1. The fourth-order valence-corrected chi connectivity index (χ4v) is 4.17. The summed E-state index contributed by atoms with van der Waals surface area (Å²) in [6.45, 7) is 3.05. The number of nitrogens with zero attached hydrogens (tertiary/aromatic N) is 4. The Morgan fingerprint density at radius 2 is 1.94 bits per heavy atom. The predicted molar refractivity (Wildman–Crippen MR) is 115 cm³/mol. The van der Waals surface area contributed by atoms with E-state index >= 15 is 0 Å². The Morgan fingerprint density at radius 3 is 2.77 bits per heavy atom. The number of amides is 1. The number of aromatic nitrogens is 3. The van der Waals surface area contributed by atoms with Gasteiger partial charge in [-0.25, -0.2) is 9.97 Å². The standard InChI is InChI=1S/C23H25N5O3/c29-22(20-14-21(31-27-20)17-4-2-1-3-5-17)25-18-7-11-28(15-18)23-24-10-6-19(26-23)16-8-12-30-13-9-16/h1-6,10,14,16,18H,7-9,11-13,15H2,(H,25,29). The van der Waals surface area contributed by atoms with Gasteiger partial charge in [-0.15, -0.1) is 0 Å². The van der Waals surface area contributed by atoms with Crippen molar-refractivity contribution in [2.24, 2.45) is 0 Å². The molecule has 3 aromatic rings. The molecular formula is C23H25N5O3. The average molecular weight is 419 g/mol. The molecule has 2 aliphatic rings. The zero-order chi connectivity index (χ0) is 21.0. The number of hydrogen-bond acceptors (Lipinski definition) is 7. The number of ether oxygens (including phenoxy) is 1. The van der Waals surface area contributed by atoms with E-state index < -0.39 is 0 Å². The molecule has 31 heavy (non-hydrogen) atoms. The van der Waals surface area contributed by atoms with Crippen LogP contribution in [0.2, 0.25) is 0 Å². The molecule has 4 heterocycles. The van der Waals surface area contributed by atoms with Crippen molar-refractivity contribution in [1.29, 1.82) is 0 Å². The van der Waals surface area contributed by atoms with Gasteiger partial charge in [0.05, 0.1) is 0 Å². The summed E-state index contributed by atoms with van der Waals surface area (Å²) in [5, 5.41) is 7.00. The summed E-state index contributed by atoms with van der Waals surface area (Å²) < 4.78 is 10.8. The van der Waals surface area contributed by atoms with Crippen LogP contribution in [0.1, 0.15) is 41.4 Å². The van der Waals surface area contributed by atoms with Crippen LogP contribution in [0.4, 0.5) is 5.95 Å². The van der Waals surface area contributed by atoms with Crippen LogP contribution < -0.4 is 10.2 Å². The van der Waals surface area contributed by atoms with Gasteiger partial charge in [-0.3, -0.25) is 4.79 Å². The van der Waals surface area contributed by atoms with E-state index in [2.05, 4.69) is 20.4 Å². The first-order valence-electron chi connectivity index (χ1n) is 10.7. The number of carbonyl (C=O) groups is 1. The molecule has 8 heteroatoms. The minimum absolute atomic E-state index is 0.0136. The monoisotopic (exact) mass is 419 g/mol. The van der Waals surface area contributed by atoms with Crippen LogP contribution in [-0.2, 0) is 4.74 Å². The maximum absolute atomic E-state index is 12.7. The highest BCUT2D eigenvalue weighted by molar-refractivity contribution is 5.93. The number of anilines is 1. The highest BCUT2D eigenvalue weighted by Crippen LogP contribution is 2.27. The summed E-state index contributed by atoms with van der Waals surface area (Å²) in [6, 6.07) is 13.3. The lowest BCUT2D eigenvalue weighted by Crippen LogP contribution is -2.37. The largest absolute Gasteiger partial charge is 0.381 e. The molecule has 0 bridgehead atoms. The van der Waals surface area contributed by atoms with Crippen LogP contribution >= 0.6 is 0 Å². The van der Waals surface area contributed by atoms with Gasteiger partial charge in [0.25, 0.3) is 5.91 Å². The van der Waals surface area contributed by atoms with Crippen LogP contribution in [0.5, 0.6) is 0 Å². The molecule has 2 aliphatic heterocycles. The Hall–Kier alpha value is -3.26. The Kier molecular flexibility index (Phi) is 5.62. The number of hydrogen-bond donors (Lipinski definition) is 1. The van der Waals surface area contributed by atoms with E-state index in [1.165, 1.54) is 0 Å². The van der Waals surface area contributed by atoms with Crippen molar-refractivity contribution < 1.29 is 14.1 Å². The molecule has 1 amide bonds. The van der Waals surface area contributed by atoms with Crippen LogP contribution in [0.3, 0.4) is 0 Å². The minimum Gasteiger partial charge on any atom is -0.381 e. The molecule has 0 aliphatic carbocycles. The summed E-state index contributed by atoms with van der Waals surface area (Å²) in [5.41, 5.74) is 2.26. The first-order chi connectivity index (χ1) is 15.3. The van der Waals surface area contributed by atoms with E-state index in [1.54, 1.807) is 6.07 Å². The summed E-state index contributed by atoms with van der Waals surface area (Å²) in [5.74, 6) is 1.51. The first-order valence-corrected chi connectivity index (χ1v) is 10.7. The number of benzene rings is 1. The van der Waals surface area contributed by atoms with Crippen LogP contribution in [-0.4, -0.2) is 53.4 Å². The van der Waals surface area contributed by atoms with Gasteiger partial charge in [0.2, 0.25) is 5.95 Å². The molecule has 1 aromatic carbocycles. The predicted octanol–water partition coefficient (Wildman–Crippen LogP) is 3.03. The quantitative estimate of drug-likeness (QED) is 0.679. The lowest BCUT2D eigenvalue weighted by Gasteiger charge is -2.23. The normalized spacial score (nSPS) is 19.5. The molecule has 5 rings (SSSR count). The van der Waals surface area contributed by atoms with Crippen molar-refractivity contribution in [1.82, 2.24) is 20.4 Å². The van der Waals surface area contributed by atoms with Crippen LogP contribution in [0.25, 0.3) is 11.3 Å². The molecule has 2 aromatic heterocycles. The van der Waals surface area contributed by atoms with Crippen molar-refractivity contribution in [3.63, 3.8) is 0 Å². The van der Waals surface area contributed by atoms with Crippen LogP contribution in [0, 0.1) is 0 Å².